The Kier molecular flexibility index (Phi) is 4.85. The minimum absolute atomic E-state index is 0.350. The van der Waals surface area contributed by atoms with Gasteiger partial charge in [-0.2, -0.15) is 0 Å². The smallest absolute Gasteiger partial charge is 0.330 e. The first-order chi connectivity index (χ1) is 7.13. The van der Waals surface area contributed by atoms with Gasteiger partial charge in [-0.3, -0.25) is 0 Å². The summed E-state index contributed by atoms with van der Waals surface area (Å²) in [5, 5.41) is 0.612. The molecule has 0 heterocycles. The summed E-state index contributed by atoms with van der Waals surface area (Å²) in [6, 6.07) is 5.44. The summed E-state index contributed by atoms with van der Waals surface area (Å²) in [5.41, 5.74) is 0.858. The summed E-state index contributed by atoms with van der Waals surface area (Å²) in [4.78, 5) is 11.0. The number of ether oxygens (including phenoxy) is 1. The van der Waals surface area contributed by atoms with Gasteiger partial charge >= 0.3 is 5.97 Å². The molecular weight excluding hydrogens is 279 g/mol. The zero-order chi connectivity index (χ0) is 11.3. The van der Waals surface area contributed by atoms with E-state index < -0.39 is 0 Å². The van der Waals surface area contributed by atoms with E-state index in [9.17, 15) is 4.79 Å². The third kappa shape index (κ3) is 4.06. The number of hydrogen-bond acceptors (Lipinski definition) is 2. The van der Waals surface area contributed by atoms with Crippen molar-refractivity contribution in [1.29, 1.82) is 0 Å². The summed E-state index contributed by atoms with van der Waals surface area (Å²) in [6.45, 7) is 2.15. The van der Waals surface area contributed by atoms with E-state index in [-0.39, 0.29) is 5.97 Å². The van der Waals surface area contributed by atoms with Crippen LogP contribution in [0.3, 0.4) is 0 Å². The lowest BCUT2D eigenvalue weighted by Gasteiger charge is -1.98. The number of carbonyl (C=O) groups is 1. The molecule has 0 spiro atoms. The van der Waals surface area contributed by atoms with Crippen molar-refractivity contribution in [2.24, 2.45) is 0 Å². The van der Waals surface area contributed by atoms with Gasteiger partial charge in [0.25, 0.3) is 0 Å². The molecule has 80 valence electrons. The monoisotopic (exact) mass is 288 g/mol. The van der Waals surface area contributed by atoms with E-state index in [1.165, 1.54) is 6.08 Å². The van der Waals surface area contributed by atoms with Crippen molar-refractivity contribution < 1.29 is 9.53 Å². The van der Waals surface area contributed by atoms with Crippen LogP contribution in [0.4, 0.5) is 0 Å². The van der Waals surface area contributed by atoms with Crippen LogP contribution in [0.15, 0.2) is 28.7 Å². The van der Waals surface area contributed by atoms with Crippen LogP contribution in [0.1, 0.15) is 12.5 Å². The van der Waals surface area contributed by atoms with E-state index in [0.717, 1.165) is 10.0 Å². The van der Waals surface area contributed by atoms with Crippen LogP contribution in [0, 0.1) is 0 Å². The third-order valence-corrected chi connectivity index (χ3v) is 2.87. The number of halogens is 2. The van der Waals surface area contributed by atoms with E-state index >= 15 is 0 Å². The third-order valence-electron chi connectivity index (χ3n) is 1.64. The number of hydrogen-bond donors (Lipinski definition) is 0. The number of benzene rings is 1. The average molecular weight is 290 g/mol. The Morgan fingerprint density at radius 1 is 1.60 bits per heavy atom. The molecule has 0 aromatic heterocycles. The van der Waals surface area contributed by atoms with Crippen molar-refractivity contribution in [2.75, 3.05) is 6.61 Å². The second-order valence-corrected chi connectivity index (χ2v) is 4.02. The molecule has 1 rings (SSSR count). The van der Waals surface area contributed by atoms with Gasteiger partial charge in [-0.25, -0.2) is 4.79 Å². The number of carbonyl (C=O) groups excluding carboxylic acids is 1. The quantitative estimate of drug-likeness (QED) is 0.627. The Hall–Kier alpha value is -0.800. The molecule has 1 aromatic rings. The van der Waals surface area contributed by atoms with Gasteiger partial charge in [0.2, 0.25) is 0 Å². The zero-order valence-electron chi connectivity index (χ0n) is 8.17. The van der Waals surface area contributed by atoms with Gasteiger partial charge in [0.15, 0.2) is 0 Å². The fraction of sp³-hybridized carbons (Fsp3) is 0.182. The number of rotatable bonds is 3. The molecular formula is C11H10BrClO2. The topological polar surface area (TPSA) is 26.3 Å². The summed E-state index contributed by atoms with van der Waals surface area (Å²) in [6.07, 6.45) is 3.04. The normalized spacial score (nSPS) is 10.6. The highest BCUT2D eigenvalue weighted by Crippen LogP contribution is 2.23. The second kappa shape index (κ2) is 5.93. The summed E-state index contributed by atoms with van der Waals surface area (Å²) in [7, 11) is 0. The molecule has 0 aliphatic carbocycles. The lowest BCUT2D eigenvalue weighted by atomic mass is 10.2. The fourth-order valence-electron chi connectivity index (χ4n) is 0.971. The highest BCUT2D eigenvalue weighted by atomic mass is 79.9. The molecule has 2 nitrogen and oxygen atoms in total. The summed E-state index contributed by atoms with van der Waals surface area (Å²) < 4.78 is 5.58. The minimum atomic E-state index is -0.350. The summed E-state index contributed by atoms with van der Waals surface area (Å²) in [5.74, 6) is -0.350. The largest absolute Gasteiger partial charge is 0.463 e. The van der Waals surface area contributed by atoms with Crippen LogP contribution >= 0.6 is 27.5 Å². The Balaban J connectivity index is 2.72. The van der Waals surface area contributed by atoms with Crippen LogP contribution in [0.25, 0.3) is 6.08 Å². The molecule has 0 bridgehead atoms. The van der Waals surface area contributed by atoms with Crippen molar-refractivity contribution in [2.45, 2.75) is 6.92 Å². The Morgan fingerprint density at radius 3 is 2.93 bits per heavy atom. The van der Waals surface area contributed by atoms with E-state index in [0.29, 0.717) is 11.6 Å². The van der Waals surface area contributed by atoms with Crippen molar-refractivity contribution in [3.05, 3.63) is 39.3 Å². The van der Waals surface area contributed by atoms with Crippen molar-refractivity contribution in [3.8, 4) is 0 Å². The molecule has 0 amide bonds. The van der Waals surface area contributed by atoms with E-state index in [2.05, 4.69) is 15.9 Å². The van der Waals surface area contributed by atoms with Crippen LogP contribution in [0.2, 0.25) is 5.02 Å². The highest BCUT2D eigenvalue weighted by molar-refractivity contribution is 9.10. The standard InChI is InChI=1S/C11H10BrClO2/c1-2-15-11(14)6-4-8-3-5-9(12)10(13)7-8/h3-7H,2H2,1H3. The fourth-order valence-corrected chi connectivity index (χ4v) is 1.41. The molecule has 1 aromatic carbocycles. The molecule has 4 heteroatoms. The first-order valence-corrected chi connectivity index (χ1v) is 5.60. The lowest BCUT2D eigenvalue weighted by Crippen LogP contribution is -1.98. The van der Waals surface area contributed by atoms with Crippen molar-refractivity contribution in [1.82, 2.24) is 0 Å². The van der Waals surface area contributed by atoms with Gasteiger partial charge in [-0.1, -0.05) is 17.7 Å². The Bertz CT molecular complexity index is 388. The zero-order valence-corrected chi connectivity index (χ0v) is 10.5. The molecule has 0 fully saturated rings. The molecule has 0 aliphatic rings. The van der Waals surface area contributed by atoms with Gasteiger partial charge in [0, 0.05) is 10.5 Å². The van der Waals surface area contributed by atoms with Gasteiger partial charge in [0.1, 0.15) is 0 Å². The SMILES string of the molecule is CCOC(=O)C=Cc1ccc(Br)c(Cl)c1. The average Bonchev–Trinajstić information content (AvgIpc) is 2.20. The summed E-state index contributed by atoms with van der Waals surface area (Å²) >= 11 is 9.18. The van der Waals surface area contributed by atoms with Crippen molar-refractivity contribution in [3.63, 3.8) is 0 Å². The number of esters is 1. The molecule has 0 saturated carbocycles. The highest BCUT2D eigenvalue weighted by Gasteiger charge is 1.97. The molecule has 0 saturated heterocycles. The van der Waals surface area contributed by atoms with Crippen LogP contribution < -0.4 is 0 Å². The molecule has 0 unspecified atom stereocenters. The van der Waals surface area contributed by atoms with Gasteiger partial charge in [0.05, 0.1) is 11.6 Å². The predicted molar refractivity (Wildman–Crippen MR) is 64.8 cm³/mol. The molecule has 15 heavy (non-hydrogen) atoms. The van der Waals surface area contributed by atoms with Gasteiger partial charge in [-0.05, 0) is 46.6 Å². The van der Waals surface area contributed by atoms with E-state index in [1.54, 1.807) is 19.1 Å². The second-order valence-electron chi connectivity index (χ2n) is 2.76. The Labute approximate surface area is 102 Å². The minimum Gasteiger partial charge on any atom is -0.463 e. The van der Waals surface area contributed by atoms with Gasteiger partial charge in [-0.15, -0.1) is 0 Å². The van der Waals surface area contributed by atoms with Crippen molar-refractivity contribution >= 4 is 39.6 Å². The van der Waals surface area contributed by atoms with Crippen LogP contribution in [-0.4, -0.2) is 12.6 Å². The lowest BCUT2D eigenvalue weighted by molar-refractivity contribution is -0.137. The van der Waals surface area contributed by atoms with Crippen LogP contribution in [-0.2, 0) is 9.53 Å². The maximum absolute atomic E-state index is 11.0. The van der Waals surface area contributed by atoms with Crippen LogP contribution in [0.5, 0.6) is 0 Å². The van der Waals surface area contributed by atoms with Gasteiger partial charge < -0.3 is 4.74 Å². The molecule has 0 aliphatic heterocycles. The first-order valence-electron chi connectivity index (χ1n) is 4.43. The molecule has 0 atom stereocenters. The maximum Gasteiger partial charge on any atom is 0.330 e. The Morgan fingerprint density at radius 2 is 2.33 bits per heavy atom. The van der Waals surface area contributed by atoms with E-state index in [1.807, 2.05) is 12.1 Å². The first kappa shape index (κ1) is 12.3. The predicted octanol–water partition coefficient (Wildman–Crippen LogP) is 3.68. The maximum atomic E-state index is 11.0. The molecule has 0 N–H and O–H groups in total. The molecule has 0 radical (unpaired) electrons. The van der Waals surface area contributed by atoms with E-state index in [4.69, 9.17) is 16.3 Å².